The average molecular weight is 174 g/mol. The summed E-state index contributed by atoms with van der Waals surface area (Å²) in [5, 5.41) is 8.65. The van der Waals surface area contributed by atoms with Gasteiger partial charge in [0.25, 0.3) is 0 Å². The van der Waals surface area contributed by atoms with Crippen LogP contribution in [0.25, 0.3) is 6.08 Å². The average Bonchev–Trinajstić information content (AvgIpc) is 2.04. The van der Waals surface area contributed by atoms with Crippen LogP contribution in [0.4, 0.5) is 0 Å². The Morgan fingerprint density at radius 3 is 2.50 bits per heavy atom. The van der Waals surface area contributed by atoms with Crippen molar-refractivity contribution in [2.75, 3.05) is 0 Å². The van der Waals surface area contributed by atoms with Crippen LogP contribution in [0.2, 0.25) is 0 Å². The molecule has 0 atom stereocenters. The Balaban J connectivity index is -0.000000403. The smallest absolute Gasteiger partial charge is 1.00 e. The number of hydrogen-bond acceptors (Lipinski definition) is 1. The molecule has 0 aliphatic rings. The Bertz CT molecular complexity index is 303. The number of benzene rings is 1. The largest absolute Gasteiger partial charge is 2.00 e. The van der Waals surface area contributed by atoms with Crippen molar-refractivity contribution in [2.24, 2.45) is 0 Å². The van der Waals surface area contributed by atoms with E-state index in [9.17, 15) is 4.79 Å². The van der Waals surface area contributed by atoms with Gasteiger partial charge in [-0.2, -0.15) is 0 Å². The minimum atomic E-state index is -0.916. The molecule has 0 fully saturated rings. The van der Waals surface area contributed by atoms with Gasteiger partial charge in [0.15, 0.2) is 0 Å². The van der Waals surface area contributed by atoms with Crippen LogP contribution in [0.15, 0.2) is 30.8 Å². The number of carboxylic acid groups (broad SMARTS) is 1. The van der Waals surface area contributed by atoms with Gasteiger partial charge in [0.2, 0.25) is 0 Å². The zero-order valence-corrected chi connectivity index (χ0v) is 8.07. The monoisotopic (exact) mass is 174 g/mol. The summed E-state index contributed by atoms with van der Waals surface area (Å²) in [6, 6.07) is 6.75. The van der Waals surface area contributed by atoms with E-state index in [0.29, 0.717) is 11.1 Å². The summed E-state index contributed by atoms with van der Waals surface area (Å²) >= 11 is 0. The Morgan fingerprint density at radius 1 is 1.50 bits per heavy atom. The first-order valence-corrected chi connectivity index (χ1v) is 3.20. The minimum Gasteiger partial charge on any atom is -1.00 e. The Hall–Kier alpha value is -0.804. The Morgan fingerprint density at radius 2 is 2.08 bits per heavy atom. The summed E-state index contributed by atoms with van der Waals surface area (Å²) in [5.41, 5.74) is 0.947. The van der Waals surface area contributed by atoms with E-state index in [2.05, 4.69) is 6.58 Å². The molecule has 1 rings (SSSR count). The molecular formula is C9H10MgO2. The fourth-order valence-corrected chi connectivity index (χ4v) is 0.870. The van der Waals surface area contributed by atoms with Crippen LogP contribution in [-0.4, -0.2) is 34.1 Å². The molecule has 0 unspecified atom stereocenters. The van der Waals surface area contributed by atoms with Crippen molar-refractivity contribution in [1.82, 2.24) is 0 Å². The van der Waals surface area contributed by atoms with Gasteiger partial charge in [-0.25, -0.2) is 4.79 Å². The third-order valence-corrected chi connectivity index (χ3v) is 1.41. The van der Waals surface area contributed by atoms with Crippen molar-refractivity contribution in [3.8, 4) is 0 Å². The SMILES string of the molecule is C=Cc1ccccc1C(=O)O.[H-].[H-].[Mg+2]. The van der Waals surface area contributed by atoms with Crippen molar-refractivity contribution in [3.63, 3.8) is 0 Å². The summed E-state index contributed by atoms with van der Waals surface area (Å²) < 4.78 is 0. The number of aromatic carboxylic acids is 1. The van der Waals surface area contributed by atoms with Gasteiger partial charge < -0.3 is 7.96 Å². The van der Waals surface area contributed by atoms with Crippen LogP contribution >= 0.6 is 0 Å². The van der Waals surface area contributed by atoms with Crippen LogP contribution in [0.5, 0.6) is 0 Å². The van der Waals surface area contributed by atoms with E-state index in [1.165, 1.54) is 6.08 Å². The van der Waals surface area contributed by atoms with Crippen LogP contribution < -0.4 is 0 Å². The van der Waals surface area contributed by atoms with Gasteiger partial charge in [0.05, 0.1) is 5.56 Å². The third-order valence-electron chi connectivity index (χ3n) is 1.41. The van der Waals surface area contributed by atoms with E-state index in [0.717, 1.165) is 0 Å². The molecule has 0 saturated carbocycles. The van der Waals surface area contributed by atoms with E-state index in [1.807, 2.05) is 0 Å². The standard InChI is InChI=1S/C9H8O2.Mg.2H/c1-2-7-5-3-4-6-8(7)9(10)11;;;/h2-6H,1H2,(H,10,11);;;/q;+2;2*-1. The van der Waals surface area contributed by atoms with Crippen LogP contribution in [0, 0.1) is 0 Å². The van der Waals surface area contributed by atoms with Gasteiger partial charge >= 0.3 is 29.0 Å². The molecule has 0 aromatic heterocycles. The predicted octanol–water partition coefficient (Wildman–Crippen LogP) is 1.87. The maximum absolute atomic E-state index is 10.5. The summed E-state index contributed by atoms with van der Waals surface area (Å²) in [6.45, 7) is 3.51. The molecule has 0 amide bonds. The van der Waals surface area contributed by atoms with Gasteiger partial charge in [-0.3, -0.25) is 0 Å². The molecule has 1 aromatic carbocycles. The second-order valence-electron chi connectivity index (χ2n) is 2.10. The molecule has 0 heterocycles. The summed E-state index contributed by atoms with van der Waals surface area (Å²) in [4.78, 5) is 10.5. The van der Waals surface area contributed by atoms with E-state index in [1.54, 1.807) is 24.3 Å². The number of rotatable bonds is 2. The normalized spacial score (nSPS) is 8.33. The first-order chi connectivity index (χ1) is 5.25. The van der Waals surface area contributed by atoms with Gasteiger partial charge in [-0.15, -0.1) is 0 Å². The first-order valence-electron chi connectivity index (χ1n) is 3.20. The quantitative estimate of drug-likeness (QED) is 0.695. The summed E-state index contributed by atoms with van der Waals surface area (Å²) in [5.74, 6) is -0.916. The van der Waals surface area contributed by atoms with E-state index in [-0.39, 0.29) is 25.9 Å². The topological polar surface area (TPSA) is 37.3 Å². The maximum atomic E-state index is 10.5. The van der Waals surface area contributed by atoms with Crippen LogP contribution in [0.3, 0.4) is 0 Å². The second kappa shape index (κ2) is 4.95. The molecule has 12 heavy (non-hydrogen) atoms. The summed E-state index contributed by atoms with van der Waals surface area (Å²) in [7, 11) is 0. The van der Waals surface area contributed by atoms with E-state index < -0.39 is 5.97 Å². The zero-order chi connectivity index (χ0) is 8.27. The molecule has 3 heteroatoms. The molecule has 60 valence electrons. The number of carbonyl (C=O) groups is 1. The van der Waals surface area contributed by atoms with Crippen molar-refractivity contribution in [3.05, 3.63) is 42.0 Å². The minimum absolute atomic E-state index is 0. The van der Waals surface area contributed by atoms with Crippen molar-refractivity contribution >= 4 is 35.1 Å². The number of hydrogen-bond donors (Lipinski definition) is 1. The van der Waals surface area contributed by atoms with E-state index in [4.69, 9.17) is 5.11 Å². The number of carboxylic acids is 1. The fourth-order valence-electron chi connectivity index (χ4n) is 0.870. The van der Waals surface area contributed by atoms with Gasteiger partial charge in [-0.05, 0) is 11.6 Å². The predicted molar refractivity (Wildman–Crippen MR) is 51.5 cm³/mol. The Kier molecular flexibility index (Phi) is 4.62. The zero-order valence-electron chi connectivity index (χ0n) is 8.66. The molecule has 0 aliphatic heterocycles. The van der Waals surface area contributed by atoms with Crippen LogP contribution in [-0.2, 0) is 0 Å². The molecule has 0 bridgehead atoms. The summed E-state index contributed by atoms with van der Waals surface area (Å²) in [6.07, 6.45) is 1.53. The first kappa shape index (κ1) is 11.2. The molecule has 0 saturated heterocycles. The Labute approximate surface area is 90.0 Å². The maximum Gasteiger partial charge on any atom is 2.00 e. The molecule has 2 nitrogen and oxygen atoms in total. The van der Waals surface area contributed by atoms with Gasteiger partial charge in [-0.1, -0.05) is 30.9 Å². The molecule has 0 radical (unpaired) electrons. The van der Waals surface area contributed by atoms with Gasteiger partial charge in [0, 0.05) is 0 Å². The molecule has 0 aliphatic carbocycles. The molecule has 1 aromatic rings. The van der Waals surface area contributed by atoms with Crippen molar-refractivity contribution in [2.45, 2.75) is 0 Å². The molecule has 1 N–H and O–H groups in total. The van der Waals surface area contributed by atoms with Gasteiger partial charge in [0.1, 0.15) is 0 Å². The second-order valence-corrected chi connectivity index (χ2v) is 2.10. The molecule has 0 spiro atoms. The van der Waals surface area contributed by atoms with E-state index >= 15 is 0 Å². The molecular weight excluding hydrogens is 164 g/mol. The van der Waals surface area contributed by atoms with Crippen LogP contribution in [0.1, 0.15) is 18.8 Å². The third kappa shape index (κ3) is 2.36. The fraction of sp³-hybridized carbons (Fsp3) is 0. The van der Waals surface area contributed by atoms with Crippen molar-refractivity contribution < 1.29 is 12.8 Å². The van der Waals surface area contributed by atoms with Crippen molar-refractivity contribution in [1.29, 1.82) is 0 Å².